The van der Waals surface area contributed by atoms with E-state index in [1.807, 2.05) is 24.3 Å². The fraction of sp³-hybridized carbons (Fsp3) is 0.211. The number of methoxy groups -OCH3 is 1. The third-order valence-electron chi connectivity index (χ3n) is 3.68. The molecule has 0 heterocycles. The summed E-state index contributed by atoms with van der Waals surface area (Å²) in [6.07, 6.45) is 2.10. The van der Waals surface area contributed by atoms with Gasteiger partial charge in [-0.1, -0.05) is 24.3 Å². The Balaban J connectivity index is 2.00. The molecule has 0 bridgehead atoms. The second kappa shape index (κ2) is 9.17. The maximum absolute atomic E-state index is 12.4. The van der Waals surface area contributed by atoms with Crippen LogP contribution in [0.25, 0.3) is 0 Å². The Bertz CT molecular complexity index is 861. The van der Waals surface area contributed by atoms with E-state index >= 15 is 0 Å². The monoisotopic (exact) mass is 374 g/mol. The molecule has 2 aromatic carbocycles. The van der Waals surface area contributed by atoms with Gasteiger partial charge >= 0.3 is 0 Å². The molecular formula is C19H22N2O4S. The number of amides is 1. The summed E-state index contributed by atoms with van der Waals surface area (Å²) in [6.45, 7) is 4.09. The minimum atomic E-state index is -3.69. The average Bonchev–Trinajstić information content (AvgIpc) is 2.66. The SMILES string of the molecule is C=CCNC(=O)c1cccc(S(=O)(=O)NCCc2ccc(OC)cc2)c1. The van der Waals surface area contributed by atoms with Crippen LogP contribution in [0.1, 0.15) is 15.9 Å². The number of nitrogens with one attached hydrogen (secondary N) is 2. The van der Waals surface area contributed by atoms with E-state index in [4.69, 9.17) is 4.74 Å². The average molecular weight is 374 g/mol. The molecule has 6 nitrogen and oxygen atoms in total. The maximum atomic E-state index is 12.4. The maximum Gasteiger partial charge on any atom is 0.251 e. The Hall–Kier alpha value is -2.64. The first-order valence-electron chi connectivity index (χ1n) is 8.08. The Kier molecular flexibility index (Phi) is 6.94. The van der Waals surface area contributed by atoms with E-state index in [1.54, 1.807) is 25.3 Å². The molecule has 2 aromatic rings. The molecule has 2 N–H and O–H groups in total. The minimum Gasteiger partial charge on any atom is -0.497 e. The van der Waals surface area contributed by atoms with Gasteiger partial charge in [-0.25, -0.2) is 13.1 Å². The predicted octanol–water partition coefficient (Wildman–Crippen LogP) is 2.13. The predicted molar refractivity (Wildman–Crippen MR) is 101 cm³/mol. The van der Waals surface area contributed by atoms with Crippen molar-refractivity contribution in [2.75, 3.05) is 20.2 Å². The molecule has 0 radical (unpaired) electrons. The molecule has 2 rings (SSSR count). The van der Waals surface area contributed by atoms with Gasteiger partial charge in [0.15, 0.2) is 0 Å². The third kappa shape index (κ3) is 5.44. The molecule has 0 saturated heterocycles. The highest BCUT2D eigenvalue weighted by Gasteiger charge is 2.15. The van der Waals surface area contributed by atoms with Crippen LogP contribution in [0.2, 0.25) is 0 Å². The molecule has 0 unspecified atom stereocenters. The lowest BCUT2D eigenvalue weighted by molar-refractivity contribution is 0.0958. The summed E-state index contributed by atoms with van der Waals surface area (Å²) in [6, 6.07) is 13.4. The number of ether oxygens (including phenoxy) is 1. The standard InChI is InChI=1S/C19H22N2O4S/c1-3-12-20-19(22)16-5-4-6-18(14-16)26(23,24)21-13-11-15-7-9-17(25-2)10-8-15/h3-10,14,21H,1,11-13H2,2H3,(H,20,22). The zero-order chi connectivity index (χ0) is 19.0. The quantitative estimate of drug-likeness (QED) is 0.659. The van der Waals surface area contributed by atoms with E-state index in [0.717, 1.165) is 11.3 Å². The van der Waals surface area contributed by atoms with Crippen LogP contribution in [-0.2, 0) is 16.4 Å². The smallest absolute Gasteiger partial charge is 0.251 e. The van der Waals surface area contributed by atoms with Crippen LogP contribution < -0.4 is 14.8 Å². The van der Waals surface area contributed by atoms with Crippen LogP contribution in [-0.4, -0.2) is 34.5 Å². The molecule has 0 aromatic heterocycles. The Labute approximate surface area is 153 Å². The van der Waals surface area contributed by atoms with Gasteiger partial charge in [0.2, 0.25) is 10.0 Å². The van der Waals surface area contributed by atoms with Gasteiger partial charge in [0, 0.05) is 18.7 Å². The van der Waals surface area contributed by atoms with Crippen LogP contribution in [0.15, 0.2) is 66.1 Å². The first-order chi connectivity index (χ1) is 12.5. The van der Waals surface area contributed by atoms with Gasteiger partial charge in [-0.05, 0) is 42.3 Å². The third-order valence-corrected chi connectivity index (χ3v) is 5.14. The number of sulfonamides is 1. The largest absolute Gasteiger partial charge is 0.497 e. The molecule has 0 aliphatic carbocycles. The van der Waals surface area contributed by atoms with Gasteiger partial charge in [-0.3, -0.25) is 4.79 Å². The number of hydrogen-bond donors (Lipinski definition) is 2. The molecule has 0 fully saturated rings. The molecule has 138 valence electrons. The normalized spacial score (nSPS) is 11.0. The lowest BCUT2D eigenvalue weighted by Gasteiger charge is -2.09. The Morgan fingerprint density at radius 3 is 2.58 bits per heavy atom. The molecule has 7 heteroatoms. The van der Waals surface area contributed by atoms with E-state index in [0.29, 0.717) is 13.0 Å². The molecule has 26 heavy (non-hydrogen) atoms. The van der Waals surface area contributed by atoms with Gasteiger partial charge in [0.05, 0.1) is 12.0 Å². The first kappa shape index (κ1) is 19.7. The van der Waals surface area contributed by atoms with Crippen molar-refractivity contribution in [3.8, 4) is 5.75 Å². The topological polar surface area (TPSA) is 84.5 Å². The van der Waals surface area contributed by atoms with E-state index in [-0.39, 0.29) is 22.9 Å². The summed E-state index contributed by atoms with van der Waals surface area (Å²) in [4.78, 5) is 12.0. The molecule has 1 amide bonds. The number of hydrogen-bond acceptors (Lipinski definition) is 4. The van der Waals surface area contributed by atoms with Crippen molar-refractivity contribution >= 4 is 15.9 Å². The van der Waals surface area contributed by atoms with E-state index in [2.05, 4.69) is 16.6 Å². The summed E-state index contributed by atoms with van der Waals surface area (Å²) in [7, 11) is -2.10. The van der Waals surface area contributed by atoms with Gasteiger partial charge in [0.25, 0.3) is 5.91 Å². The van der Waals surface area contributed by atoms with Gasteiger partial charge in [0.1, 0.15) is 5.75 Å². The fourth-order valence-electron chi connectivity index (χ4n) is 2.28. The molecule has 0 atom stereocenters. The zero-order valence-corrected chi connectivity index (χ0v) is 15.4. The fourth-order valence-corrected chi connectivity index (χ4v) is 3.35. The van der Waals surface area contributed by atoms with E-state index in [9.17, 15) is 13.2 Å². The molecule has 0 spiro atoms. The minimum absolute atomic E-state index is 0.0542. The van der Waals surface area contributed by atoms with Gasteiger partial charge in [-0.2, -0.15) is 0 Å². The number of rotatable bonds is 9. The molecule has 0 aliphatic heterocycles. The summed E-state index contributed by atoms with van der Waals surface area (Å²) >= 11 is 0. The lowest BCUT2D eigenvalue weighted by atomic mass is 10.1. The Morgan fingerprint density at radius 2 is 1.92 bits per heavy atom. The molecule has 0 saturated carbocycles. The highest BCUT2D eigenvalue weighted by molar-refractivity contribution is 7.89. The van der Waals surface area contributed by atoms with Crippen molar-refractivity contribution in [3.63, 3.8) is 0 Å². The highest BCUT2D eigenvalue weighted by Crippen LogP contribution is 2.13. The van der Waals surface area contributed by atoms with Crippen molar-refractivity contribution in [2.45, 2.75) is 11.3 Å². The van der Waals surface area contributed by atoms with Crippen molar-refractivity contribution < 1.29 is 17.9 Å². The summed E-state index contributed by atoms with van der Waals surface area (Å²) < 4.78 is 32.5. The Morgan fingerprint density at radius 1 is 1.19 bits per heavy atom. The van der Waals surface area contributed by atoms with Gasteiger partial charge in [-0.15, -0.1) is 6.58 Å². The first-order valence-corrected chi connectivity index (χ1v) is 9.56. The second-order valence-electron chi connectivity index (χ2n) is 5.52. The van der Waals surface area contributed by atoms with Crippen LogP contribution in [0.3, 0.4) is 0 Å². The van der Waals surface area contributed by atoms with E-state index in [1.165, 1.54) is 12.1 Å². The van der Waals surface area contributed by atoms with Crippen LogP contribution in [0, 0.1) is 0 Å². The van der Waals surface area contributed by atoms with Crippen LogP contribution in [0.4, 0.5) is 0 Å². The molecule has 0 aliphatic rings. The summed E-state index contributed by atoms with van der Waals surface area (Å²) in [5, 5.41) is 2.62. The van der Waals surface area contributed by atoms with Gasteiger partial charge < -0.3 is 10.1 Å². The zero-order valence-electron chi connectivity index (χ0n) is 14.6. The second-order valence-corrected chi connectivity index (χ2v) is 7.29. The van der Waals surface area contributed by atoms with Crippen molar-refractivity contribution in [1.29, 1.82) is 0 Å². The van der Waals surface area contributed by atoms with Crippen molar-refractivity contribution in [3.05, 3.63) is 72.3 Å². The van der Waals surface area contributed by atoms with Crippen LogP contribution >= 0.6 is 0 Å². The van der Waals surface area contributed by atoms with Crippen LogP contribution in [0.5, 0.6) is 5.75 Å². The summed E-state index contributed by atoms with van der Waals surface area (Å²) in [5.74, 6) is 0.404. The lowest BCUT2D eigenvalue weighted by Crippen LogP contribution is -2.27. The van der Waals surface area contributed by atoms with E-state index < -0.39 is 10.0 Å². The number of carbonyl (C=O) groups excluding carboxylic acids is 1. The number of benzene rings is 2. The highest BCUT2D eigenvalue weighted by atomic mass is 32.2. The number of carbonyl (C=O) groups is 1. The summed E-state index contributed by atoms with van der Waals surface area (Å²) in [5.41, 5.74) is 1.27. The molecular weight excluding hydrogens is 352 g/mol. The van der Waals surface area contributed by atoms with Crippen molar-refractivity contribution in [2.24, 2.45) is 0 Å². The van der Waals surface area contributed by atoms with Crippen molar-refractivity contribution in [1.82, 2.24) is 10.0 Å².